The number of carbonyl (C=O) groups is 3. The topological polar surface area (TPSA) is 84.5 Å². The van der Waals surface area contributed by atoms with Gasteiger partial charge in [0.1, 0.15) is 5.75 Å². The number of hydrogen-bond donors (Lipinski definition) is 2. The van der Waals surface area contributed by atoms with Gasteiger partial charge in [-0.15, -0.1) is 0 Å². The summed E-state index contributed by atoms with van der Waals surface area (Å²) in [6.45, 7) is 1.30. The molecular weight excluding hydrogens is 380 g/mol. The fourth-order valence-electron chi connectivity index (χ4n) is 2.88. The lowest BCUT2D eigenvalue weighted by atomic mass is 10.1. The molecule has 0 saturated heterocycles. The van der Waals surface area contributed by atoms with Crippen molar-refractivity contribution in [3.05, 3.63) is 90.0 Å². The van der Waals surface area contributed by atoms with E-state index in [9.17, 15) is 14.4 Å². The number of carbonyl (C=O) groups excluding carboxylic acids is 3. The molecule has 0 fully saturated rings. The predicted molar refractivity (Wildman–Crippen MR) is 116 cm³/mol. The summed E-state index contributed by atoms with van der Waals surface area (Å²) in [6.07, 6.45) is 0.959. The van der Waals surface area contributed by atoms with Gasteiger partial charge in [0.05, 0.1) is 11.4 Å². The fraction of sp³-hybridized carbons (Fsp3) is 0.125. The minimum absolute atomic E-state index is 0.141. The van der Waals surface area contributed by atoms with Gasteiger partial charge < -0.3 is 15.4 Å². The Morgan fingerprint density at radius 2 is 1.47 bits per heavy atom. The van der Waals surface area contributed by atoms with Gasteiger partial charge in [0.2, 0.25) is 5.91 Å². The standard InChI is InChI=1S/C24H22N2O4/c1-17(27)30-20-11-7-10-19(16-20)24(29)26-22-13-6-5-12-21(22)25-23(28)15-14-18-8-3-2-4-9-18/h2-13,16H,14-15H2,1H3,(H,25,28)(H,26,29). The summed E-state index contributed by atoms with van der Waals surface area (Å²) in [5.74, 6) is -0.693. The number of amides is 2. The second-order valence-corrected chi connectivity index (χ2v) is 6.65. The number of esters is 1. The highest BCUT2D eigenvalue weighted by Crippen LogP contribution is 2.23. The largest absolute Gasteiger partial charge is 0.427 e. The molecule has 0 aromatic heterocycles. The first-order valence-corrected chi connectivity index (χ1v) is 9.54. The monoisotopic (exact) mass is 402 g/mol. The lowest BCUT2D eigenvalue weighted by Crippen LogP contribution is -2.17. The number of aryl methyl sites for hydroxylation is 1. The Hall–Kier alpha value is -3.93. The van der Waals surface area contributed by atoms with Crippen molar-refractivity contribution in [3.63, 3.8) is 0 Å². The summed E-state index contributed by atoms with van der Waals surface area (Å²) in [7, 11) is 0. The summed E-state index contributed by atoms with van der Waals surface area (Å²) < 4.78 is 5.02. The van der Waals surface area contributed by atoms with E-state index in [0.29, 0.717) is 29.8 Å². The van der Waals surface area contributed by atoms with Crippen molar-refractivity contribution in [2.75, 3.05) is 10.6 Å². The molecule has 0 aliphatic carbocycles. The van der Waals surface area contributed by atoms with Crippen LogP contribution in [0.2, 0.25) is 0 Å². The lowest BCUT2D eigenvalue weighted by molar-refractivity contribution is -0.131. The minimum atomic E-state index is -0.462. The van der Waals surface area contributed by atoms with Gasteiger partial charge in [-0.3, -0.25) is 14.4 Å². The molecule has 0 heterocycles. The van der Waals surface area contributed by atoms with Gasteiger partial charge in [0.15, 0.2) is 0 Å². The van der Waals surface area contributed by atoms with Crippen LogP contribution >= 0.6 is 0 Å². The summed E-state index contributed by atoms with van der Waals surface area (Å²) in [5, 5.41) is 5.64. The van der Waals surface area contributed by atoms with Crippen LogP contribution in [0.5, 0.6) is 5.75 Å². The zero-order valence-corrected chi connectivity index (χ0v) is 16.6. The van der Waals surface area contributed by atoms with E-state index < -0.39 is 5.97 Å². The van der Waals surface area contributed by atoms with Crippen LogP contribution in [-0.4, -0.2) is 17.8 Å². The number of hydrogen-bond acceptors (Lipinski definition) is 4. The summed E-state index contributed by atoms with van der Waals surface area (Å²) in [4.78, 5) is 36.1. The van der Waals surface area contributed by atoms with Crippen LogP contribution in [0, 0.1) is 0 Å². The number of para-hydroxylation sites is 2. The normalized spacial score (nSPS) is 10.2. The summed E-state index contributed by atoms with van der Waals surface area (Å²) >= 11 is 0. The van der Waals surface area contributed by atoms with Crippen LogP contribution in [0.3, 0.4) is 0 Å². The molecule has 0 saturated carbocycles. The summed E-state index contributed by atoms with van der Waals surface area (Å²) in [5.41, 5.74) is 2.41. The number of anilines is 2. The Morgan fingerprint density at radius 1 is 0.800 bits per heavy atom. The Labute approximate surface area is 174 Å². The van der Waals surface area contributed by atoms with Crippen molar-refractivity contribution >= 4 is 29.2 Å². The number of benzene rings is 3. The first-order chi connectivity index (χ1) is 14.5. The molecule has 30 heavy (non-hydrogen) atoms. The zero-order valence-electron chi connectivity index (χ0n) is 16.6. The Bertz CT molecular complexity index is 1050. The van der Waals surface area contributed by atoms with Crippen molar-refractivity contribution in [3.8, 4) is 5.75 Å². The molecule has 0 aliphatic rings. The highest BCUT2D eigenvalue weighted by Gasteiger charge is 2.12. The molecule has 3 aromatic carbocycles. The van der Waals surface area contributed by atoms with E-state index in [0.717, 1.165) is 5.56 Å². The zero-order chi connectivity index (χ0) is 21.3. The predicted octanol–water partition coefficient (Wildman–Crippen LogP) is 4.44. The maximum absolute atomic E-state index is 12.6. The smallest absolute Gasteiger partial charge is 0.308 e. The first kappa shape index (κ1) is 20.8. The second-order valence-electron chi connectivity index (χ2n) is 6.65. The molecule has 3 rings (SSSR count). The van der Waals surface area contributed by atoms with E-state index >= 15 is 0 Å². The van der Waals surface area contributed by atoms with Crippen molar-refractivity contribution < 1.29 is 19.1 Å². The third-order valence-corrected chi connectivity index (χ3v) is 4.29. The van der Waals surface area contributed by atoms with Crippen molar-refractivity contribution in [1.29, 1.82) is 0 Å². The van der Waals surface area contributed by atoms with E-state index in [1.807, 2.05) is 30.3 Å². The van der Waals surface area contributed by atoms with E-state index in [4.69, 9.17) is 4.74 Å². The third-order valence-electron chi connectivity index (χ3n) is 4.29. The van der Waals surface area contributed by atoms with Crippen LogP contribution in [0.1, 0.15) is 29.3 Å². The summed E-state index contributed by atoms with van der Waals surface area (Å²) in [6, 6.07) is 23.1. The van der Waals surface area contributed by atoms with Crippen LogP contribution in [0.15, 0.2) is 78.9 Å². The molecule has 2 amide bonds. The molecule has 3 aromatic rings. The lowest BCUT2D eigenvalue weighted by Gasteiger charge is -2.13. The Morgan fingerprint density at radius 3 is 2.17 bits per heavy atom. The SMILES string of the molecule is CC(=O)Oc1cccc(C(=O)Nc2ccccc2NC(=O)CCc2ccccc2)c1. The van der Waals surface area contributed by atoms with Gasteiger partial charge >= 0.3 is 5.97 Å². The average molecular weight is 402 g/mol. The Balaban J connectivity index is 1.65. The third kappa shape index (κ3) is 6.04. The minimum Gasteiger partial charge on any atom is -0.427 e. The number of ether oxygens (including phenoxy) is 1. The van der Waals surface area contributed by atoms with Crippen LogP contribution in [0.4, 0.5) is 11.4 Å². The first-order valence-electron chi connectivity index (χ1n) is 9.54. The van der Waals surface area contributed by atoms with Gasteiger partial charge in [0.25, 0.3) is 5.91 Å². The highest BCUT2D eigenvalue weighted by atomic mass is 16.5. The van der Waals surface area contributed by atoms with Gasteiger partial charge in [-0.2, -0.15) is 0 Å². The van der Waals surface area contributed by atoms with E-state index in [1.54, 1.807) is 42.5 Å². The van der Waals surface area contributed by atoms with Gasteiger partial charge in [-0.25, -0.2) is 0 Å². The fourth-order valence-corrected chi connectivity index (χ4v) is 2.88. The Kier molecular flexibility index (Phi) is 6.95. The second kappa shape index (κ2) is 10.0. The van der Waals surface area contributed by atoms with Crippen molar-refractivity contribution in [2.24, 2.45) is 0 Å². The van der Waals surface area contributed by atoms with Crippen molar-refractivity contribution in [1.82, 2.24) is 0 Å². The molecule has 152 valence electrons. The molecule has 0 aliphatic heterocycles. The van der Waals surface area contributed by atoms with Gasteiger partial charge in [-0.05, 0) is 42.3 Å². The molecule has 0 spiro atoms. The van der Waals surface area contributed by atoms with Gasteiger partial charge in [0, 0.05) is 18.9 Å². The quantitative estimate of drug-likeness (QED) is 0.452. The van der Waals surface area contributed by atoms with E-state index in [2.05, 4.69) is 10.6 Å². The molecule has 0 atom stereocenters. The molecule has 0 unspecified atom stereocenters. The van der Waals surface area contributed by atoms with Crippen LogP contribution in [0.25, 0.3) is 0 Å². The average Bonchev–Trinajstić information content (AvgIpc) is 2.74. The van der Waals surface area contributed by atoms with Crippen molar-refractivity contribution in [2.45, 2.75) is 19.8 Å². The number of nitrogens with one attached hydrogen (secondary N) is 2. The van der Waals surface area contributed by atoms with Crippen LogP contribution < -0.4 is 15.4 Å². The molecule has 0 radical (unpaired) electrons. The molecular formula is C24H22N2O4. The molecule has 2 N–H and O–H groups in total. The molecule has 6 heteroatoms. The van der Waals surface area contributed by atoms with E-state index in [-0.39, 0.29) is 17.6 Å². The van der Waals surface area contributed by atoms with Crippen LogP contribution in [-0.2, 0) is 16.0 Å². The maximum Gasteiger partial charge on any atom is 0.308 e. The maximum atomic E-state index is 12.6. The van der Waals surface area contributed by atoms with Gasteiger partial charge in [-0.1, -0.05) is 48.5 Å². The number of rotatable bonds is 7. The highest BCUT2D eigenvalue weighted by molar-refractivity contribution is 6.07. The molecule has 6 nitrogen and oxygen atoms in total. The van der Waals surface area contributed by atoms with E-state index in [1.165, 1.54) is 13.0 Å². The molecule has 0 bridgehead atoms.